The van der Waals surface area contributed by atoms with Crippen molar-refractivity contribution in [3.63, 3.8) is 0 Å². The Kier molecular flexibility index (Phi) is 7.30. The molecule has 1 aromatic rings. The van der Waals surface area contributed by atoms with Crippen LogP contribution in [0.5, 0.6) is 11.5 Å². The normalized spacial score (nSPS) is 31.6. The van der Waals surface area contributed by atoms with E-state index in [1.165, 1.54) is 0 Å². The molecule has 0 bridgehead atoms. The van der Waals surface area contributed by atoms with Crippen molar-refractivity contribution in [1.29, 1.82) is 0 Å². The van der Waals surface area contributed by atoms with Crippen molar-refractivity contribution in [2.45, 2.75) is 94.5 Å². The zero-order valence-corrected chi connectivity index (χ0v) is 24.5. The van der Waals surface area contributed by atoms with Crippen molar-refractivity contribution in [3.8, 4) is 11.5 Å². The highest BCUT2D eigenvalue weighted by molar-refractivity contribution is 5.86. The van der Waals surface area contributed by atoms with Gasteiger partial charge in [0.15, 0.2) is 23.2 Å². The number of ether oxygens (including phenoxy) is 6. The first kappa shape index (κ1) is 28.1. The molecule has 222 valence electrons. The minimum absolute atomic E-state index is 0.149. The van der Waals surface area contributed by atoms with Gasteiger partial charge < -0.3 is 28.4 Å². The van der Waals surface area contributed by atoms with E-state index < -0.39 is 29.2 Å². The number of hydrogen-bond donors (Lipinski definition) is 0. The number of methoxy groups -OCH3 is 1. The van der Waals surface area contributed by atoms with E-state index in [0.717, 1.165) is 62.1 Å². The number of nitrogens with zero attached hydrogens (tertiary/aromatic N) is 1. The first-order valence-electron chi connectivity index (χ1n) is 14.8. The van der Waals surface area contributed by atoms with Crippen LogP contribution in [0.15, 0.2) is 36.1 Å². The SMILES string of the molecule is CC=CCOC(=O)C[C@@]1(C(=O)OC2C(OC)=CC34CCCN3CCc3cc5c(cc3[C@H]24)OCO5)CCCC(C)(C)O1. The zero-order chi connectivity index (χ0) is 28.8. The molecule has 4 heterocycles. The smallest absolute Gasteiger partial charge is 0.339 e. The maximum absolute atomic E-state index is 14.3. The van der Waals surface area contributed by atoms with Crippen LogP contribution < -0.4 is 9.47 Å². The Hall–Kier alpha value is -3.04. The fourth-order valence-corrected chi connectivity index (χ4v) is 7.61. The Labute approximate surface area is 241 Å². The topological polar surface area (TPSA) is 92.8 Å². The lowest BCUT2D eigenvalue weighted by molar-refractivity contribution is -0.216. The van der Waals surface area contributed by atoms with Crippen LogP contribution in [0.1, 0.15) is 76.3 Å². The number of carbonyl (C=O) groups excluding carboxylic acids is 2. The van der Waals surface area contributed by atoms with Crippen LogP contribution in [0.25, 0.3) is 0 Å². The summed E-state index contributed by atoms with van der Waals surface area (Å²) in [4.78, 5) is 29.8. The molecule has 4 aliphatic heterocycles. The number of carbonyl (C=O) groups is 2. The number of allylic oxidation sites excluding steroid dienone is 1. The first-order chi connectivity index (χ1) is 19.7. The highest BCUT2D eigenvalue weighted by Crippen LogP contribution is 2.56. The van der Waals surface area contributed by atoms with Gasteiger partial charge in [-0.05, 0) is 95.2 Å². The van der Waals surface area contributed by atoms with Crippen LogP contribution in [0.2, 0.25) is 0 Å². The van der Waals surface area contributed by atoms with Crippen LogP contribution in [-0.4, -0.2) is 73.3 Å². The molecule has 9 nitrogen and oxygen atoms in total. The van der Waals surface area contributed by atoms with Crippen molar-refractivity contribution in [2.24, 2.45) is 0 Å². The largest absolute Gasteiger partial charge is 0.497 e. The van der Waals surface area contributed by atoms with E-state index in [1.807, 2.05) is 26.8 Å². The quantitative estimate of drug-likeness (QED) is 0.347. The average molecular weight is 568 g/mol. The summed E-state index contributed by atoms with van der Waals surface area (Å²) >= 11 is 0. The Morgan fingerprint density at radius 2 is 1.90 bits per heavy atom. The molecule has 0 radical (unpaired) electrons. The molecule has 1 spiro atoms. The third kappa shape index (κ3) is 4.91. The van der Waals surface area contributed by atoms with Gasteiger partial charge in [0.05, 0.1) is 30.6 Å². The molecule has 0 aromatic heterocycles. The third-order valence-corrected chi connectivity index (χ3v) is 9.41. The van der Waals surface area contributed by atoms with Crippen molar-refractivity contribution >= 4 is 11.9 Å². The number of benzene rings is 1. The molecule has 0 amide bonds. The second-order valence-corrected chi connectivity index (χ2v) is 12.4. The maximum Gasteiger partial charge on any atom is 0.339 e. The summed E-state index contributed by atoms with van der Waals surface area (Å²) < 4.78 is 35.8. The van der Waals surface area contributed by atoms with E-state index in [9.17, 15) is 9.59 Å². The Morgan fingerprint density at radius 1 is 1.10 bits per heavy atom. The molecule has 0 N–H and O–H groups in total. The predicted octanol–water partition coefficient (Wildman–Crippen LogP) is 4.57. The van der Waals surface area contributed by atoms with Gasteiger partial charge in [-0.3, -0.25) is 9.69 Å². The summed E-state index contributed by atoms with van der Waals surface area (Å²) in [6.07, 6.45) is 9.58. The molecule has 2 fully saturated rings. The fraction of sp³-hybridized carbons (Fsp3) is 0.625. The van der Waals surface area contributed by atoms with E-state index in [2.05, 4.69) is 23.1 Å². The summed E-state index contributed by atoms with van der Waals surface area (Å²) in [5.74, 6) is 0.846. The van der Waals surface area contributed by atoms with Crippen LogP contribution in [-0.2, 0) is 35.0 Å². The maximum atomic E-state index is 14.3. The lowest BCUT2D eigenvalue weighted by Gasteiger charge is -2.44. The molecule has 5 aliphatic rings. The van der Waals surface area contributed by atoms with Gasteiger partial charge in [-0.25, -0.2) is 4.79 Å². The monoisotopic (exact) mass is 567 g/mol. The summed E-state index contributed by atoms with van der Waals surface area (Å²) in [6, 6.07) is 4.14. The number of fused-ring (bicyclic) bond motifs is 3. The van der Waals surface area contributed by atoms with Gasteiger partial charge in [0.2, 0.25) is 6.79 Å². The number of rotatable bonds is 7. The fourth-order valence-electron chi connectivity index (χ4n) is 7.61. The molecule has 2 saturated heterocycles. The van der Waals surface area contributed by atoms with Gasteiger partial charge >= 0.3 is 11.9 Å². The van der Waals surface area contributed by atoms with Gasteiger partial charge in [0, 0.05) is 6.54 Å². The molecular weight excluding hydrogens is 526 g/mol. The second kappa shape index (κ2) is 10.7. The summed E-state index contributed by atoms with van der Waals surface area (Å²) in [5, 5.41) is 0. The van der Waals surface area contributed by atoms with E-state index in [0.29, 0.717) is 17.9 Å². The molecule has 41 heavy (non-hydrogen) atoms. The minimum atomic E-state index is -1.44. The highest BCUT2D eigenvalue weighted by atomic mass is 16.7. The molecule has 1 aromatic carbocycles. The summed E-state index contributed by atoms with van der Waals surface area (Å²) in [5.41, 5.74) is -0.129. The first-order valence-corrected chi connectivity index (χ1v) is 14.8. The molecule has 1 aliphatic carbocycles. The van der Waals surface area contributed by atoms with E-state index >= 15 is 0 Å². The summed E-state index contributed by atoms with van der Waals surface area (Å²) in [6.45, 7) is 7.95. The van der Waals surface area contributed by atoms with Gasteiger partial charge in [0.25, 0.3) is 0 Å². The predicted molar refractivity (Wildman–Crippen MR) is 150 cm³/mol. The minimum Gasteiger partial charge on any atom is -0.497 e. The van der Waals surface area contributed by atoms with Crippen LogP contribution in [0.4, 0.5) is 0 Å². The van der Waals surface area contributed by atoms with Gasteiger partial charge in [-0.15, -0.1) is 0 Å². The Morgan fingerprint density at radius 3 is 2.66 bits per heavy atom. The Bertz CT molecular complexity index is 1270. The standard InChI is InChI=1S/C32H41NO8/c1-5-6-15-37-26(34)19-32(12-7-10-30(2,3)41-32)29(35)40-28-25(36-4)18-31-11-8-13-33(31)14-9-21-16-23-24(39-20-38-23)17-22(21)27(28)31/h5-6,16-18,27-28H,7-15,19-20H2,1-4H3/t27-,28?,31?,32-/m1/s1. The van der Waals surface area contributed by atoms with E-state index in [1.54, 1.807) is 13.2 Å². The molecule has 0 saturated carbocycles. The van der Waals surface area contributed by atoms with Gasteiger partial charge in [-0.1, -0.05) is 12.2 Å². The zero-order valence-electron chi connectivity index (χ0n) is 24.5. The van der Waals surface area contributed by atoms with E-state index in [4.69, 9.17) is 28.4 Å². The average Bonchev–Trinajstić information content (AvgIpc) is 3.62. The number of hydrogen-bond acceptors (Lipinski definition) is 9. The lowest BCUT2D eigenvalue weighted by Crippen LogP contribution is -2.54. The van der Waals surface area contributed by atoms with Crippen LogP contribution in [0.3, 0.4) is 0 Å². The second-order valence-electron chi connectivity index (χ2n) is 12.4. The van der Waals surface area contributed by atoms with Crippen molar-refractivity contribution in [3.05, 3.63) is 47.2 Å². The van der Waals surface area contributed by atoms with Crippen LogP contribution >= 0.6 is 0 Å². The molecule has 2 unspecified atom stereocenters. The van der Waals surface area contributed by atoms with Gasteiger partial charge in [-0.2, -0.15) is 0 Å². The number of esters is 2. The van der Waals surface area contributed by atoms with Crippen molar-refractivity contribution in [1.82, 2.24) is 4.90 Å². The third-order valence-electron chi connectivity index (χ3n) is 9.41. The molecule has 9 heteroatoms. The molecule has 4 atom stereocenters. The summed E-state index contributed by atoms with van der Waals surface area (Å²) in [7, 11) is 1.63. The van der Waals surface area contributed by atoms with E-state index in [-0.39, 0.29) is 31.3 Å². The van der Waals surface area contributed by atoms with Crippen molar-refractivity contribution < 1.29 is 38.0 Å². The Balaban J connectivity index is 1.37. The highest BCUT2D eigenvalue weighted by Gasteiger charge is 2.60. The molecule has 6 rings (SSSR count). The van der Waals surface area contributed by atoms with Gasteiger partial charge in [0.1, 0.15) is 12.4 Å². The lowest BCUT2D eigenvalue weighted by atomic mass is 9.77. The molecular formula is C32H41NO8. The van der Waals surface area contributed by atoms with Crippen LogP contribution in [0, 0.1) is 0 Å². The van der Waals surface area contributed by atoms with Crippen molar-refractivity contribution in [2.75, 3.05) is 33.6 Å².